The molecule has 138 valence electrons. The number of hydrogen-bond donors (Lipinski definition) is 0. The molecule has 0 amide bonds. The predicted molar refractivity (Wildman–Crippen MR) is 116 cm³/mol. The summed E-state index contributed by atoms with van der Waals surface area (Å²) in [7, 11) is 0. The van der Waals surface area contributed by atoms with E-state index in [1.165, 1.54) is 0 Å². The molecule has 4 aromatic rings. The highest BCUT2D eigenvalue weighted by Crippen LogP contribution is 2.23. The molecule has 2 aromatic carbocycles. The van der Waals surface area contributed by atoms with Crippen LogP contribution in [0.4, 0.5) is 0 Å². The van der Waals surface area contributed by atoms with Gasteiger partial charge in [0.25, 0.3) is 0 Å². The maximum absolute atomic E-state index is 6.19. The highest BCUT2D eigenvalue weighted by molar-refractivity contribution is 7.07. The van der Waals surface area contributed by atoms with Gasteiger partial charge in [0.15, 0.2) is 0 Å². The smallest absolute Gasteiger partial charge is 0.206 e. The standard InChI is InChI=1S/C22H17ClN4S/c23-20-10-4-9-19(12-20)21-16-28-22(25-14-17-6-2-1-3-7-17)27(21)26-15-18-8-5-11-24-13-18/h1-13,15-16H,14H2. The average Bonchev–Trinajstić information content (AvgIpc) is 3.15. The maximum Gasteiger partial charge on any atom is 0.206 e. The van der Waals surface area contributed by atoms with Crippen molar-refractivity contribution in [2.24, 2.45) is 10.1 Å². The first-order valence-electron chi connectivity index (χ1n) is 8.75. The van der Waals surface area contributed by atoms with Gasteiger partial charge in [0.2, 0.25) is 4.80 Å². The van der Waals surface area contributed by atoms with Crippen LogP contribution in [0.25, 0.3) is 11.3 Å². The Morgan fingerprint density at radius 3 is 2.71 bits per heavy atom. The normalized spacial score (nSPS) is 12.0. The molecule has 0 aliphatic heterocycles. The Morgan fingerprint density at radius 1 is 1.04 bits per heavy atom. The molecule has 0 unspecified atom stereocenters. The molecule has 4 rings (SSSR count). The molecule has 0 spiro atoms. The van der Waals surface area contributed by atoms with E-state index in [-0.39, 0.29) is 0 Å². The summed E-state index contributed by atoms with van der Waals surface area (Å²) in [5.41, 5.74) is 4.02. The molecule has 0 atom stereocenters. The summed E-state index contributed by atoms with van der Waals surface area (Å²) >= 11 is 7.75. The minimum absolute atomic E-state index is 0.596. The largest absolute Gasteiger partial charge is 0.264 e. The molecule has 0 saturated carbocycles. The Bertz CT molecular complexity index is 1150. The number of rotatable bonds is 5. The van der Waals surface area contributed by atoms with E-state index in [1.54, 1.807) is 29.9 Å². The van der Waals surface area contributed by atoms with E-state index in [2.05, 4.69) is 27.6 Å². The first-order valence-corrected chi connectivity index (χ1v) is 10.0. The van der Waals surface area contributed by atoms with Crippen LogP contribution >= 0.6 is 22.9 Å². The van der Waals surface area contributed by atoms with Crippen molar-refractivity contribution in [3.8, 4) is 11.3 Å². The van der Waals surface area contributed by atoms with Crippen LogP contribution in [-0.4, -0.2) is 15.9 Å². The SMILES string of the molecule is Clc1cccc(-c2csc(=NCc3ccccc3)n2N=Cc2cccnc2)c1. The average molecular weight is 405 g/mol. The molecule has 0 fully saturated rings. The van der Waals surface area contributed by atoms with Crippen molar-refractivity contribution in [1.82, 2.24) is 9.66 Å². The summed E-state index contributed by atoms with van der Waals surface area (Å²) < 4.78 is 1.85. The molecule has 0 radical (unpaired) electrons. The predicted octanol–water partition coefficient (Wildman–Crippen LogP) is 5.25. The molecular weight excluding hydrogens is 388 g/mol. The third-order valence-corrected chi connectivity index (χ3v) is 5.14. The van der Waals surface area contributed by atoms with Gasteiger partial charge in [0.1, 0.15) is 0 Å². The van der Waals surface area contributed by atoms with E-state index in [9.17, 15) is 0 Å². The Balaban J connectivity index is 1.76. The number of nitrogens with zero attached hydrogens (tertiary/aromatic N) is 4. The summed E-state index contributed by atoms with van der Waals surface area (Å²) in [6.07, 6.45) is 5.30. The quantitative estimate of drug-likeness (QED) is 0.419. The molecule has 2 aromatic heterocycles. The van der Waals surface area contributed by atoms with E-state index >= 15 is 0 Å². The molecular formula is C22H17ClN4S. The van der Waals surface area contributed by atoms with E-state index in [4.69, 9.17) is 16.6 Å². The number of aromatic nitrogens is 2. The molecule has 0 saturated heterocycles. The molecule has 28 heavy (non-hydrogen) atoms. The summed E-state index contributed by atoms with van der Waals surface area (Å²) in [6, 6.07) is 21.8. The molecule has 0 aliphatic carbocycles. The monoisotopic (exact) mass is 404 g/mol. The van der Waals surface area contributed by atoms with Crippen LogP contribution in [0.3, 0.4) is 0 Å². The molecule has 0 N–H and O–H groups in total. The Morgan fingerprint density at radius 2 is 1.93 bits per heavy atom. The number of benzene rings is 2. The van der Waals surface area contributed by atoms with Crippen LogP contribution in [-0.2, 0) is 6.54 Å². The molecule has 0 bridgehead atoms. The van der Waals surface area contributed by atoms with Gasteiger partial charge in [-0.3, -0.25) is 9.98 Å². The van der Waals surface area contributed by atoms with E-state index in [0.717, 1.165) is 27.2 Å². The van der Waals surface area contributed by atoms with Gasteiger partial charge in [0.05, 0.1) is 18.5 Å². The lowest BCUT2D eigenvalue weighted by molar-refractivity contribution is 0.824. The van der Waals surface area contributed by atoms with Crippen LogP contribution in [0.2, 0.25) is 5.02 Å². The van der Waals surface area contributed by atoms with Gasteiger partial charge >= 0.3 is 0 Å². The van der Waals surface area contributed by atoms with Gasteiger partial charge < -0.3 is 0 Å². The van der Waals surface area contributed by atoms with Crippen molar-refractivity contribution < 1.29 is 0 Å². The Kier molecular flexibility index (Phi) is 5.75. The minimum Gasteiger partial charge on any atom is -0.264 e. The second kappa shape index (κ2) is 8.78. The van der Waals surface area contributed by atoms with Gasteiger partial charge in [-0.15, -0.1) is 11.3 Å². The summed E-state index contributed by atoms with van der Waals surface area (Å²) in [5.74, 6) is 0. The van der Waals surface area contributed by atoms with Crippen LogP contribution in [0.5, 0.6) is 0 Å². The highest BCUT2D eigenvalue weighted by Gasteiger charge is 2.08. The fraction of sp³-hybridized carbons (Fsp3) is 0.0455. The Hall–Kier alpha value is -3.02. The fourth-order valence-corrected chi connectivity index (χ4v) is 3.71. The lowest BCUT2D eigenvalue weighted by atomic mass is 10.2. The van der Waals surface area contributed by atoms with Crippen LogP contribution < -0.4 is 4.80 Å². The topological polar surface area (TPSA) is 42.5 Å². The van der Waals surface area contributed by atoms with Gasteiger partial charge in [-0.1, -0.05) is 60.1 Å². The maximum atomic E-state index is 6.19. The van der Waals surface area contributed by atoms with Crippen molar-refractivity contribution >= 4 is 29.2 Å². The summed E-state index contributed by atoms with van der Waals surface area (Å²) in [6.45, 7) is 0.596. The lowest BCUT2D eigenvalue weighted by Crippen LogP contribution is -2.12. The number of hydrogen-bond acceptors (Lipinski definition) is 4. The van der Waals surface area contributed by atoms with E-state index in [0.29, 0.717) is 11.6 Å². The minimum atomic E-state index is 0.596. The van der Waals surface area contributed by atoms with Crippen molar-refractivity contribution in [3.63, 3.8) is 0 Å². The third-order valence-electron chi connectivity index (χ3n) is 4.05. The third kappa shape index (κ3) is 4.44. The van der Waals surface area contributed by atoms with Crippen LogP contribution in [0.1, 0.15) is 11.1 Å². The van der Waals surface area contributed by atoms with Crippen molar-refractivity contribution in [2.75, 3.05) is 0 Å². The number of pyridine rings is 1. The fourth-order valence-electron chi connectivity index (χ4n) is 2.68. The molecule has 6 heteroatoms. The highest BCUT2D eigenvalue weighted by atomic mass is 35.5. The lowest BCUT2D eigenvalue weighted by Gasteiger charge is -2.04. The number of halogens is 1. The summed E-state index contributed by atoms with van der Waals surface area (Å²) in [5, 5.41) is 7.42. The van der Waals surface area contributed by atoms with E-state index in [1.807, 2.05) is 59.3 Å². The molecule has 0 aliphatic rings. The Labute approximate surface area is 172 Å². The summed E-state index contributed by atoms with van der Waals surface area (Å²) in [4.78, 5) is 9.73. The molecule has 2 heterocycles. The zero-order chi connectivity index (χ0) is 19.2. The second-order valence-corrected chi connectivity index (χ2v) is 7.33. The second-order valence-electron chi connectivity index (χ2n) is 6.06. The van der Waals surface area contributed by atoms with Crippen LogP contribution in [0, 0.1) is 0 Å². The van der Waals surface area contributed by atoms with Crippen molar-refractivity contribution in [1.29, 1.82) is 0 Å². The van der Waals surface area contributed by atoms with Crippen molar-refractivity contribution in [2.45, 2.75) is 6.54 Å². The zero-order valence-electron chi connectivity index (χ0n) is 14.9. The van der Waals surface area contributed by atoms with Gasteiger partial charge in [0, 0.05) is 33.9 Å². The van der Waals surface area contributed by atoms with E-state index < -0.39 is 0 Å². The van der Waals surface area contributed by atoms with Crippen LogP contribution in [0.15, 0.2) is 94.6 Å². The first-order chi connectivity index (χ1) is 13.8. The van der Waals surface area contributed by atoms with Gasteiger partial charge in [-0.2, -0.15) is 5.10 Å². The first kappa shape index (κ1) is 18.3. The van der Waals surface area contributed by atoms with Crippen molar-refractivity contribution in [3.05, 3.63) is 105 Å². The van der Waals surface area contributed by atoms with Gasteiger partial charge in [-0.05, 0) is 23.8 Å². The zero-order valence-corrected chi connectivity index (χ0v) is 16.5. The van der Waals surface area contributed by atoms with Gasteiger partial charge in [-0.25, -0.2) is 4.68 Å². The number of thiazole rings is 1. The molecule has 4 nitrogen and oxygen atoms in total.